The van der Waals surface area contributed by atoms with Crippen LogP contribution in [0.5, 0.6) is 0 Å². The molecule has 130 valence electrons. The van der Waals surface area contributed by atoms with Crippen LogP contribution >= 0.6 is 0 Å². The Morgan fingerprint density at radius 3 is 2.74 bits per heavy atom. The van der Waals surface area contributed by atoms with E-state index in [1.165, 1.54) is 0 Å². The lowest BCUT2D eigenvalue weighted by Crippen LogP contribution is -2.47. The van der Waals surface area contributed by atoms with E-state index in [-0.39, 0.29) is 6.04 Å². The molecule has 0 unspecified atom stereocenters. The second-order valence-corrected chi connectivity index (χ2v) is 8.49. The average molecular weight is 341 g/mol. The molecule has 2 saturated heterocycles. The van der Waals surface area contributed by atoms with Gasteiger partial charge < -0.3 is 4.42 Å². The quantitative estimate of drug-likeness (QED) is 0.859. The van der Waals surface area contributed by atoms with Crippen molar-refractivity contribution in [2.45, 2.75) is 38.6 Å². The van der Waals surface area contributed by atoms with Crippen LogP contribution in [0.1, 0.15) is 44.4 Å². The van der Waals surface area contributed by atoms with E-state index in [1.807, 2.05) is 12.1 Å². The first-order valence-electron chi connectivity index (χ1n) is 8.58. The molecule has 2 fully saturated rings. The summed E-state index contributed by atoms with van der Waals surface area (Å²) in [5.74, 6) is 1.27. The predicted octanol–water partition coefficient (Wildman–Crippen LogP) is 1.98. The minimum Gasteiger partial charge on any atom is -0.468 e. The first kappa shape index (κ1) is 17.0. The van der Waals surface area contributed by atoms with Crippen LogP contribution in [0.25, 0.3) is 0 Å². The van der Waals surface area contributed by atoms with E-state index in [1.54, 1.807) is 10.6 Å². The Kier molecular flexibility index (Phi) is 5.41. The average Bonchev–Trinajstić information content (AvgIpc) is 3.21. The summed E-state index contributed by atoms with van der Waals surface area (Å²) in [5, 5.41) is 0. The van der Waals surface area contributed by atoms with Crippen LogP contribution < -0.4 is 4.72 Å². The molecular weight excluding hydrogens is 314 g/mol. The van der Waals surface area contributed by atoms with Crippen molar-refractivity contribution >= 4 is 10.2 Å². The molecule has 0 aliphatic carbocycles. The molecule has 6 nitrogen and oxygen atoms in total. The largest absolute Gasteiger partial charge is 0.468 e. The van der Waals surface area contributed by atoms with Crippen LogP contribution in [0.4, 0.5) is 0 Å². The Balaban J connectivity index is 1.66. The fraction of sp³-hybridized carbons (Fsp3) is 0.750. The molecule has 3 rings (SSSR count). The number of furan rings is 1. The summed E-state index contributed by atoms with van der Waals surface area (Å²) in [4.78, 5) is 2.31. The van der Waals surface area contributed by atoms with Gasteiger partial charge in [0, 0.05) is 19.6 Å². The Bertz CT molecular complexity index is 582. The van der Waals surface area contributed by atoms with Gasteiger partial charge in [-0.3, -0.25) is 4.90 Å². The van der Waals surface area contributed by atoms with E-state index >= 15 is 0 Å². The van der Waals surface area contributed by atoms with Crippen LogP contribution in [0.2, 0.25) is 0 Å². The fourth-order valence-corrected chi connectivity index (χ4v) is 4.96. The minimum absolute atomic E-state index is 0.0236. The number of likely N-dealkylation sites (tertiary alicyclic amines) is 1. The second kappa shape index (κ2) is 7.34. The third-order valence-electron chi connectivity index (χ3n) is 4.87. The lowest BCUT2D eigenvalue weighted by molar-refractivity contribution is 0.214. The van der Waals surface area contributed by atoms with Crippen molar-refractivity contribution in [2.24, 2.45) is 5.92 Å². The van der Waals surface area contributed by atoms with Crippen LogP contribution in [0, 0.1) is 5.92 Å². The molecule has 0 bridgehead atoms. The van der Waals surface area contributed by atoms with Crippen molar-refractivity contribution in [3.05, 3.63) is 24.2 Å². The van der Waals surface area contributed by atoms with Gasteiger partial charge in [0.1, 0.15) is 5.76 Å². The summed E-state index contributed by atoms with van der Waals surface area (Å²) in [6.07, 6.45) is 6.02. The molecule has 3 heterocycles. The van der Waals surface area contributed by atoms with E-state index in [2.05, 4.69) is 16.5 Å². The third-order valence-corrected chi connectivity index (χ3v) is 6.41. The summed E-state index contributed by atoms with van der Waals surface area (Å²) in [5.41, 5.74) is 0. The van der Waals surface area contributed by atoms with Crippen LogP contribution in [-0.4, -0.2) is 50.3 Å². The molecule has 2 atom stereocenters. The van der Waals surface area contributed by atoms with Gasteiger partial charge in [-0.1, -0.05) is 6.92 Å². The summed E-state index contributed by atoms with van der Waals surface area (Å²) in [7, 11) is -3.42. The molecular formula is C16H27N3O3S. The monoisotopic (exact) mass is 341 g/mol. The number of piperidine rings is 1. The zero-order valence-electron chi connectivity index (χ0n) is 13.8. The molecule has 0 saturated carbocycles. The highest BCUT2D eigenvalue weighted by molar-refractivity contribution is 7.87. The molecule has 0 radical (unpaired) electrons. The Labute approximate surface area is 139 Å². The summed E-state index contributed by atoms with van der Waals surface area (Å²) in [6.45, 7) is 5.69. The second-order valence-electron chi connectivity index (χ2n) is 6.73. The molecule has 1 aromatic rings. The van der Waals surface area contributed by atoms with Gasteiger partial charge in [0.05, 0.1) is 12.3 Å². The number of hydrogen-bond acceptors (Lipinski definition) is 4. The van der Waals surface area contributed by atoms with Gasteiger partial charge in [-0.15, -0.1) is 0 Å². The van der Waals surface area contributed by atoms with Crippen molar-refractivity contribution < 1.29 is 12.8 Å². The zero-order chi connectivity index (χ0) is 16.3. The van der Waals surface area contributed by atoms with Crippen molar-refractivity contribution in [3.63, 3.8) is 0 Å². The standard InChI is InChI=1S/C16H27N3O3S/c1-14-6-4-10-19(13-14)23(20,21)17-12-15(16-7-5-11-22-16)18-8-2-3-9-18/h5,7,11,14-15,17H,2-4,6,8-10,12-13H2,1H3/t14-,15-/m1/s1. The Hall–Kier alpha value is -0.890. The highest BCUT2D eigenvalue weighted by Crippen LogP contribution is 2.25. The normalized spacial score (nSPS) is 25.7. The smallest absolute Gasteiger partial charge is 0.279 e. The van der Waals surface area contributed by atoms with Crippen LogP contribution in [0.3, 0.4) is 0 Å². The van der Waals surface area contributed by atoms with E-state index in [4.69, 9.17) is 4.42 Å². The molecule has 0 spiro atoms. The molecule has 7 heteroatoms. The van der Waals surface area contributed by atoms with Gasteiger partial charge >= 0.3 is 0 Å². The summed E-state index contributed by atoms with van der Waals surface area (Å²) in [6, 6.07) is 3.77. The van der Waals surface area contributed by atoms with Crippen molar-refractivity contribution in [3.8, 4) is 0 Å². The van der Waals surface area contributed by atoms with Gasteiger partial charge in [-0.25, -0.2) is 4.72 Å². The van der Waals surface area contributed by atoms with Crippen molar-refractivity contribution in [1.82, 2.24) is 13.9 Å². The van der Waals surface area contributed by atoms with E-state index < -0.39 is 10.2 Å². The van der Waals surface area contributed by atoms with Gasteiger partial charge in [0.25, 0.3) is 10.2 Å². The van der Waals surface area contributed by atoms with Crippen LogP contribution in [-0.2, 0) is 10.2 Å². The summed E-state index contributed by atoms with van der Waals surface area (Å²) >= 11 is 0. The Morgan fingerprint density at radius 1 is 1.30 bits per heavy atom. The molecule has 2 aliphatic rings. The molecule has 0 aromatic carbocycles. The lowest BCUT2D eigenvalue weighted by atomic mass is 10.0. The molecule has 0 amide bonds. The highest BCUT2D eigenvalue weighted by Gasteiger charge is 2.30. The molecule has 2 aliphatic heterocycles. The SMILES string of the molecule is C[C@@H]1CCCN(S(=O)(=O)NC[C@H](c2ccco2)N2CCCC2)C1. The van der Waals surface area contributed by atoms with E-state index in [0.29, 0.717) is 25.6 Å². The van der Waals surface area contributed by atoms with Gasteiger partial charge in [0.2, 0.25) is 0 Å². The topological polar surface area (TPSA) is 65.8 Å². The first-order chi connectivity index (χ1) is 11.1. The molecule has 1 N–H and O–H groups in total. The molecule has 23 heavy (non-hydrogen) atoms. The predicted molar refractivity (Wildman–Crippen MR) is 89.1 cm³/mol. The number of nitrogens with zero attached hydrogens (tertiary/aromatic N) is 2. The number of hydrogen-bond donors (Lipinski definition) is 1. The van der Waals surface area contributed by atoms with Gasteiger partial charge in [-0.05, 0) is 56.8 Å². The Morgan fingerprint density at radius 2 is 2.09 bits per heavy atom. The molecule has 1 aromatic heterocycles. The van der Waals surface area contributed by atoms with Crippen molar-refractivity contribution in [1.29, 1.82) is 0 Å². The van der Waals surface area contributed by atoms with Gasteiger partial charge in [0.15, 0.2) is 0 Å². The van der Waals surface area contributed by atoms with E-state index in [9.17, 15) is 8.42 Å². The number of nitrogens with one attached hydrogen (secondary N) is 1. The summed E-state index contributed by atoms with van der Waals surface area (Å²) < 4.78 is 35.1. The number of rotatable bonds is 6. The fourth-order valence-electron chi connectivity index (χ4n) is 3.58. The first-order valence-corrected chi connectivity index (χ1v) is 10.0. The van der Waals surface area contributed by atoms with Crippen LogP contribution in [0.15, 0.2) is 22.8 Å². The van der Waals surface area contributed by atoms with Gasteiger partial charge in [-0.2, -0.15) is 12.7 Å². The maximum atomic E-state index is 12.6. The third kappa shape index (κ3) is 4.15. The van der Waals surface area contributed by atoms with Crippen molar-refractivity contribution in [2.75, 3.05) is 32.7 Å². The maximum Gasteiger partial charge on any atom is 0.279 e. The highest BCUT2D eigenvalue weighted by atomic mass is 32.2. The lowest BCUT2D eigenvalue weighted by Gasteiger charge is -2.31. The zero-order valence-corrected chi connectivity index (χ0v) is 14.6. The minimum atomic E-state index is -3.42. The maximum absolute atomic E-state index is 12.6. The van der Waals surface area contributed by atoms with E-state index in [0.717, 1.165) is 44.5 Å².